The molecule has 0 N–H and O–H groups in total. The van der Waals surface area contributed by atoms with E-state index < -0.39 is 23.9 Å². The molecule has 0 amide bonds. The molecule has 0 heterocycles. The lowest BCUT2D eigenvalue weighted by atomic mass is 10.0. The van der Waals surface area contributed by atoms with Gasteiger partial charge in [0.2, 0.25) is 0 Å². The molecule has 0 unspecified atom stereocenters. The molecule has 0 saturated heterocycles. The number of hydrogen-bond donors (Lipinski definition) is 0. The van der Waals surface area contributed by atoms with Crippen LogP contribution in [0.2, 0.25) is 0 Å². The fraction of sp³-hybridized carbons (Fsp3) is 0.900. The molecule has 0 spiro atoms. The van der Waals surface area contributed by atoms with E-state index in [1.807, 2.05) is 0 Å². The summed E-state index contributed by atoms with van der Waals surface area (Å²) in [5, 5.41) is 0. The van der Waals surface area contributed by atoms with Crippen LogP contribution < -0.4 is 0 Å². The van der Waals surface area contributed by atoms with E-state index in [0.29, 0.717) is 12.8 Å². The second kappa shape index (κ2) is 36.1. The van der Waals surface area contributed by atoms with E-state index in [4.69, 9.17) is 9.47 Å². The molecule has 0 aromatic heterocycles. The van der Waals surface area contributed by atoms with Crippen molar-refractivity contribution >= 4 is 23.9 Å². The van der Waals surface area contributed by atoms with Gasteiger partial charge in [0.15, 0.2) is 0 Å². The van der Waals surface area contributed by atoms with Crippen molar-refractivity contribution in [2.24, 2.45) is 0 Å². The molecule has 6 heteroatoms. The van der Waals surface area contributed by atoms with Crippen LogP contribution >= 0.6 is 0 Å². The van der Waals surface area contributed by atoms with Gasteiger partial charge in [-0.3, -0.25) is 19.2 Å². The fourth-order valence-electron chi connectivity index (χ4n) is 5.94. The smallest absolute Gasteiger partial charge is 0.314 e. The summed E-state index contributed by atoms with van der Waals surface area (Å²) in [7, 11) is 0. The maximum absolute atomic E-state index is 11.9. The lowest BCUT2D eigenvalue weighted by Crippen LogP contribution is -2.16. The summed E-state index contributed by atoms with van der Waals surface area (Å²) in [5.74, 6) is -2.56. The van der Waals surface area contributed by atoms with Crippen LogP contribution in [0.15, 0.2) is 0 Å². The minimum absolute atomic E-state index is 0.214. The molecule has 270 valence electrons. The van der Waals surface area contributed by atoms with Crippen LogP contribution in [0.4, 0.5) is 0 Å². The molecule has 0 aliphatic heterocycles. The van der Waals surface area contributed by atoms with Crippen LogP contribution in [0.3, 0.4) is 0 Å². The van der Waals surface area contributed by atoms with Crippen molar-refractivity contribution in [1.29, 1.82) is 0 Å². The van der Waals surface area contributed by atoms with E-state index in [1.165, 1.54) is 154 Å². The van der Waals surface area contributed by atoms with Gasteiger partial charge < -0.3 is 9.47 Å². The normalized spacial score (nSPS) is 11.1. The van der Waals surface area contributed by atoms with Gasteiger partial charge in [0.1, 0.15) is 0 Å². The third-order valence-corrected chi connectivity index (χ3v) is 8.96. The molecule has 6 nitrogen and oxygen atoms in total. The lowest BCUT2D eigenvalue weighted by Gasteiger charge is -2.05. The van der Waals surface area contributed by atoms with E-state index in [9.17, 15) is 19.2 Å². The molecule has 0 aromatic rings. The van der Waals surface area contributed by atoms with Crippen LogP contribution in [-0.4, -0.2) is 23.9 Å². The summed E-state index contributed by atoms with van der Waals surface area (Å²) < 4.78 is 9.63. The quantitative estimate of drug-likeness (QED) is 0.0385. The molecule has 0 aliphatic rings. The Morgan fingerprint density at radius 1 is 0.261 bits per heavy atom. The molecule has 0 rings (SSSR count). The number of hydrogen-bond acceptors (Lipinski definition) is 6. The lowest BCUT2D eigenvalue weighted by molar-refractivity contribution is -0.165. The summed E-state index contributed by atoms with van der Waals surface area (Å²) in [6.07, 6.45) is 37.5. The average Bonchev–Trinajstić information content (AvgIpc) is 3.03. The molecular weight excluding hydrogens is 576 g/mol. The van der Waals surface area contributed by atoms with Gasteiger partial charge in [-0.1, -0.05) is 194 Å². The Balaban J connectivity index is 3.49. The monoisotopic (exact) mass is 651 g/mol. The summed E-state index contributed by atoms with van der Waals surface area (Å²) in [4.78, 5) is 47.6. The Bertz CT molecular complexity index is 659. The molecular formula is C40H74O6. The molecule has 0 radical (unpaired) electrons. The highest BCUT2D eigenvalue weighted by Gasteiger charge is 2.15. The number of carbonyl (C=O) groups excluding carboxylic acids is 4. The van der Waals surface area contributed by atoms with Crippen molar-refractivity contribution < 1.29 is 28.7 Å². The molecule has 46 heavy (non-hydrogen) atoms. The number of carbonyl (C=O) groups is 4. The van der Waals surface area contributed by atoms with Crippen molar-refractivity contribution in [3.63, 3.8) is 0 Å². The predicted octanol–water partition coefficient (Wildman–Crippen LogP) is 12.4. The Morgan fingerprint density at radius 2 is 0.435 bits per heavy atom. The van der Waals surface area contributed by atoms with Gasteiger partial charge in [-0.05, 0) is 12.8 Å². The van der Waals surface area contributed by atoms with Crippen molar-refractivity contribution in [3.8, 4) is 0 Å². The van der Waals surface area contributed by atoms with Crippen molar-refractivity contribution in [2.75, 3.05) is 0 Å². The maximum atomic E-state index is 11.9. The zero-order valence-corrected chi connectivity index (χ0v) is 30.5. The molecule has 0 aromatic carbocycles. The van der Waals surface area contributed by atoms with Crippen LogP contribution in [0.25, 0.3) is 0 Å². The SMILES string of the molecule is CCCCCCCCCCCCCCCCCC(=O)OC(=O)CCC(=O)OC(=O)CCCCCCCCCCCCCCCCC. The van der Waals surface area contributed by atoms with Gasteiger partial charge in [0.25, 0.3) is 0 Å². The van der Waals surface area contributed by atoms with Crippen molar-refractivity contribution in [3.05, 3.63) is 0 Å². The first-order chi connectivity index (χ1) is 22.5. The van der Waals surface area contributed by atoms with E-state index >= 15 is 0 Å². The fourth-order valence-corrected chi connectivity index (χ4v) is 5.94. The van der Waals surface area contributed by atoms with Crippen molar-refractivity contribution in [2.45, 2.75) is 232 Å². The van der Waals surface area contributed by atoms with E-state index in [-0.39, 0.29) is 25.7 Å². The summed E-state index contributed by atoms with van der Waals surface area (Å²) in [6, 6.07) is 0. The molecule has 0 atom stereocenters. The Hall–Kier alpha value is -1.72. The number of unbranched alkanes of at least 4 members (excludes halogenated alkanes) is 28. The van der Waals surface area contributed by atoms with E-state index in [1.54, 1.807) is 0 Å². The third kappa shape index (κ3) is 35.1. The van der Waals surface area contributed by atoms with Gasteiger partial charge >= 0.3 is 23.9 Å². The summed E-state index contributed by atoms with van der Waals surface area (Å²) in [6.45, 7) is 4.52. The summed E-state index contributed by atoms with van der Waals surface area (Å²) in [5.41, 5.74) is 0. The number of esters is 4. The van der Waals surface area contributed by atoms with Crippen LogP contribution in [-0.2, 0) is 28.7 Å². The second-order valence-electron chi connectivity index (χ2n) is 13.6. The zero-order valence-electron chi connectivity index (χ0n) is 30.5. The maximum Gasteiger partial charge on any atom is 0.314 e. The number of ether oxygens (including phenoxy) is 2. The van der Waals surface area contributed by atoms with Crippen LogP contribution in [0, 0.1) is 0 Å². The third-order valence-electron chi connectivity index (χ3n) is 8.96. The minimum Gasteiger partial charge on any atom is -0.393 e. The van der Waals surface area contributed by atoms with Gasteiger partial charge in [-0.15, -0.1) is 0 Å². The molecule has 0 aliphatic carbocycles. The van der Waals surface area contributed by atoms with Gasteiger partial charge in [0, 0.05) is 12.8 Å². The largest absolute Gasteiger partial charge is 0.393 e. The minimum atomic E-state index is -0.738. The van der Waals surface area contributed by atoms with Crippen LogP contribution in [0.1, 0.15) is 232 Å². The summed E-state index contributed by atoms with van der Waals surface area (Å²) >= 11 is 0. The highest BCUT2D eigenvalue weighted by atomic mass is 16.6. The average molecular weight is 651 g/mol. The zero-order chi connectivity index (χ0) is 33.8. The van der Waals surface area contributed by atoms with Crippen molar-refractivity contribution in [1.82, 2.24) is 0 Å². The Kier molecular flexibility index (Phi) is 34.8. The Morgan fingerprint density at radius 3 is 0.652 bits per heavy atom. The van der Waals surface area contributed by atoms with Gasteiger partial charge in [0.05, 0.1) is 12.8 Å². The van der Waals surface area contributed by atoms with Crippen LogP contribution in [0.5, 0.6) is 0 Å². The van der Waals surface area contributed by atoms with E-state index in [0.717, 1.165) is 25.7 Å². The first kappa shape index (κ1) is 44.3. The molecule has 0 fully saturated rings. The predicted molar refractivity (Wildman–Crippen MR) is 191 cm³/mol. The van der Waals surface area contributed by atoms with Gasteiger partial charge in [-0.2, -0.15) is 0 Å². The van der Waals surface area contributed by atoms with Gasteiger partial charge in [-0.25, -0.2) is 0 Å². The first-order valence-electron chi connectivity index (χ1n) is 20.0. The van der Waals surface area contributed by atoms with E-state index in [2.05, 4.69) is 13.8 Å². The second-order valence-corrected chi connectivity index (χ2v) is 13.6. The topological polar surface area (TPSA) is 86.7 Å². The number of rotatable bonds is 35. The standard InChI is InChI=1S/C40H74O6/c1-3-5-7-9-11-13-15-17-19-21-23-25-27-29-31-33-37(41)45-39(43)35-36-40(44)46-38(42)34-32-30-28-26-24-22-20-18-16-14-12-10-8-6-4-2/h3-36H2,1-2H3. The molecule has 0 saturated carbocycles. The first-order valence-corrected chi connectivity index (χ1v) is 20.0. The Labute approximate surface area is 284 Å². The molecule has 0 bridgehead atoms. The highest BCUT2D eigenvalue weighted by molar-refractivity contribution is 5.89. The highest BCUT2D eigenvalue weighted by Crippen LogP contribution is 2.15.